The van der Waals surface area contributed by atoms with E-state index < -0.39 is 6.61 Å². The van der Waals surface area contributed by atoms with Gasteiger partial charge in [-0.2, -0.15) is 8.78 Å². The van der Waals surface area contributed by atoms with Gasteiger partial charge < -0.3 is 10.1 Å². The van der Waals surface area contributed by atoms with Crippen LogP contribution in [0.3, 0.4) is 0 Å². The van der Waals surface area contributed by atoms with E-state index in [0.29, 0.717) is 19.4 Å². The number of alkyl halides is 2. The maximum absolute atomic E-state index is 12.1. The molecule has 0 heterocycles. The highest BCUT2D eigenvalue weighted by Gasteiger charge is 2.05. The van der Waals surface area contributed by atoms with Crippen LogP contribution < -0.4 is 10.1 Å². The van der Waals surface area contributed by atoms with Crippen LogP contribution in [0.1, 0.15) is 18.4 Å². The van der Waals surface area contributed by atoms with Crippen molar-refractivity contribution in [1.82, 2.24) is 5.32 Å². The molecular weight excluding hydrogens is 344 g/mol. The minimum absolute atomic E-state index is 0.00221. The number of nitrogens with one attached hydrogen (secondary N) is 1. The SMILES string of the molecule is O=C(CCc1ccc(OC(F)F)cc1)NCCCSc1ccccc1. The molecular formula is C19H21F2NO2S. The normalized spacial score (nSPS) is 10.7. The quantitative estimate of drug-likeness (QED) is 0.497. The Bertz CT molecular complexity index is 636. The van der Waals surface area contributed by atoms with Crippen LogP contribution in [0.15, 0.2) is 59.5 Å². The number of hydrogen-bond acceptors (Lipinski definition) is 3. The molecule has 0 aromatic heterocycles. The topological polar surface area (TPSA) is 38.3 Å². The van der Waals surface area contributed by atoms with Crippen LogP contribution in [0.5, 0.6) is 5.75 Å². The fourth-order valence-corrected chi connectivity index (χ4v) is 3.06. The number of thioether (sulfide) groups is 1. The van der Waals surface area contributed by atoms with Crippen molar-refractivity contribution in [2.24, 2.45) is 0 Å². The summed E-state index contributed by atoms with van der Waals surface area (Å²) in [6.07, 6.45) is 1.85. The lowest BCUT2D eigenvalue weighted by Crippen LogP contribution is -2.24. The van der Waals surface area contributed by atoms with Gasteiger partial charge in [0.1, 0.15) is 5.75 Å². The van der Waals surface area contributed by atoms with Gasteiger partial charge >= 0.3 is 6.61 Å². The zero-order chi connectivity index (χ0) is 17.9. The lowest BCUT2D eigenvalue weighted by Gasteiger charge is -2.07. The maximum atomic E-state index is 12.1. The van der Waals surface area contributed by atoms with Crippen LogP contribution in [-0.2, 0) is 11.2 Å². The lowest BCUT2D eigenvalue weighted by atomic mass is 10.1. The van der Waals surface area contributed by atoms with Gasteiger partial charge in [-0.05, 0) is 48.4 Å². The summed E-state index contributed by atoms with van der Waals surface area (Å²) >= 11 is 1.77. The van der Waals surface area contributed by atoms with Crippen molar-refractivity contribution in [2.45, 2.75) is 30.8 Å². The number of ether oxygens (including phenoxy) is 1. The first-order valence-electron chi connectivity index (χ1n) is 8.12. The first kappa shape index (κ1) is 19.2. The van der Waals surface area contributed by atoms with E-state index in [-0.39, 0.29) is 11.7 Å². The lowest BCUT2D eigenvalue weighted by molar-refractivity contribution is -0.121. The standard InChI is InChI=1S/C19H21F2NO2S/c20-19(21)24-16-10-7-15(8-11-16)9-12-18(23)22-13-4-14-25-17-5-2-1-3-6-17/h1-3,5-8,10-11,19H,4,9,12-14H2,(H,22,23). The van der Waals surface area contributed by atoms with E-state index >= 15 is 0 Å². The molecule has 0 radical (unpaired) electrons. The van der Waals surface area contributed by atoms with Crippen molar-refractivity contribution >= 4 is 17.7 Å². The Labute approximate surface area is 150 Å². The third-order valence-electron chi connectivity index (χ3n) is 3.44. The average molecular weight is 365 g/mol. The van der Waals surface area contributed by atoms with Gasteiger partial charge in [-0.25, -0.2) is 0 Å². The second kappa shape index (κ2) is 10.7. The summed E-state index contributed by atoms with van der Waals surface area (Å²) in [5.41, 5.74) is 0.913. The predicted octanol–water partition coefficient (Wildman–Crippen LogP) is 4.52. The molecule has 0 aliphatic heterocycles. The molecule has 0 bridgehead atoms. The molecule has 0 aliphatic rings. The zero-order valence-electron chi connectivity index (χ0n) is 13.8. The molecule has 0 fully saturated rings. The molecule has 134 valence electrons. The Hall–Kier alpha value is -2.08. The Balaban J connectivity index is 1.57. The van der Waals surface area contributed by atoms with Crippen LogP contribution >= 0.6 is 11.8 Å². The van der Waals surface area contributed by atoms with Crippen molar-refractivity contribution in [3.8, 4) is 5.75 Å². The summed E-state index contributed by atoms with van der Waals surface area (Å²) in [7, 11) is 0. The van der Waals surface area contributed by atoms with Gasteiger partial charge in [0.15, 0.2) is 0 Å². The van der Waals surface area contributed by atoms with Gasteiger partial charge in [0.05, 0.1) is 0 Å². The molecule has 2 rings (SSSR count). The Kier molecular flexibility index (Phi) is 8.25. The van der Waals surface area contributed by atoms with Crippen molar-refractivity contribution in [3.63, 3.8) is 0 Å². The molecule has 3 nitrogen and oxygen atoms in total. The fraction of sp³-hybridized carbons (Fsp3) is 0.316. The summed E-state index contributed by atoms with van der Waals surface area (Å²) in [4.78, 5) is 13.0. The molecule has 0 saturated heterocycles. The monoisotopic (exact) mass is 365 g/mol. The molecule has 0 unspecified atom stereocenters. The van der Waals surface area contributed by atoms with Gasteiger partial charge in [-0.15, -0.1) is 11.8 Å². The fourth-order valence-electron chi connectivity index (χ4n) is 2.19. The van der Waals surface area contributed by atoms with E-state index in [1.165, 1.54) is 17.0 Å². The van der Waals surface area contributed by atoms with Crippen LogP contribution in [-0.4, -0.2) is 24.8 Å². The number of amides is 1. The minimum atomic E-state index is -2.82. The summed E-state index contributed by atoms with van der Waals surface area (Å²) in [6, 6.07) is 16.5. The first-order chi connectivity index (χ1) is 12.1. The average Bonchev–Trinajstić information content (AvgIpc) is 2.61. The van der Waals surface area contributed by atoms with E-state index in [0.717, 1.165) is 17.7 Å². The Morgan fingerprint density at radius 2 is 1.80 bits per heavy atom. The zero-order valence-corrected chi connectivity index (χ0v) is 14.6. The van der Waals surface area contributed by atoms with E-state index in [2.05, 4.69) is 22.2 Å². The maximum Gasteiger partial charge on any atom is 0.387 e. The van der Waals surface area contributed by atoms with Crippen LogP contribution in [0, 0.1) is 0 Å². The molecule has 1 amide bonds. The van der Waals surface area contributed by atoms with Crippen molar-refractivity contribution in [2.75, 3.05) is 12.3 Å². The van der Waals surface area contributed by atoms with Crippen LogP contribution in [0.4, 0.5) is 8.78 Å². The molecule has 0 aliphatic carbocycles. The molecule has 1 N–H and O–H groups in total. The van der Waals surface area contributed by atoms with Gasteiger partial charge in [0, 0.05) is 17.9 Å². The molecule has 2 aromatic rings. The highest BCUT2D eigenvalue weighted by molar-refractivity contribution is 7.99. The van der Waals surface area contributed by atoms with Crippen molar-refractivity contribution in [3.05, 3.63) is 60.2 Å². The van der Waals surface area contributed by atoms with Crippen molar-refractivity contribution < 1.29 is 18.3 Å². The van der Waals surface area contributed by atoms with E-state index in [1.807, 2.05) is 18.2 Å². The second-order valence-electron chi connectivity index (χ2n) is 5.39. The summed E-state index contributed by atoms with van der Waals surface area (Å²) < 4.78 is 28.4. The van der Waals surface area contributed by atoms with Crippen LogP contribution in [0.25, 0.3) is 0 Å². The molecule has 6 heteroatoms. The number of halogens is 2. The molecule has 0 saturated carbocycles. The van der Waals surface area contributed by atoms with Gasteiger partial charge in [0.2, 0.25) is 5.91 Å². The largest absolute Gasteiger partial charge is 0.435 e. The molecule has 25 heavy (non-hydrogen) atoms. The summed E-state index contributed by atoms with van der Waals surface area (Å²) in [5.74, 6) is 1.08. The van der Waals surface area contributed by atoms with E-state index in [4.69, 9.17) is 0 Å². The number of benzene rings is 2. The number of carbonyl (C=O) groups is 1. The number of aryl methyl sites for hydroxylation is 1. The number of rotatable bonds is 10. The smallest absolute Gasteiger partial charge is 0.387 e. The highest BCUT2D eigenvalue weighted by atomic mass is 32.2. The molecule has 2 aromatic carbocycles. The third-order valence-corrected chi connectivity index (χ3v) is 4.54. The van der Waals surface area contributed by atoms with E-state index in [9.17, 15) is 13.6 Å². The third kappa shape index (κ3) is 8.03. The minimum Gasteiger partial charge on any atom is -0.435 e. The molecule has 0 spiro atoms. The van der Waals surface area contributed by atoms with Gasteiger partial charge in [-0.1, -0.05) is 30.3 Å². The number of hydrogen-bond donors (Lipinski definition) is 1. The summed E-state index contributed by atoms with van der Waals surface area (Å²) in [5, 5.41) is 2.90. The molecule has 0 atom stereocenters. The van der Waals surface area contributed by atoms with Gasteiger partial charge in [-0.3, -0.25) is 4.79 Å². The first-order valence-corrected chi connectivity index (χ1v) is 9.10. The Morgan fingerprint density at radius 1 is 1.08 bits per heavy atom. The van der Waals surface area contributed by atoms with E-state index in [1.54, 1.807) is 23.9 Å². The second-order valence-corrected chi connectivity index (χ2v) is 6.56. The van der Waals surface area contributed by atoms with Gasteiger partial charge in [0.25, 0.3) is 0 Å². The number of carbonyl (C=O) groups excluding carboxylic acids is 1. The van der Waals surface area contributed by atoms with Crippen molar-refractivity contribution in [1.29, 1.82) is 0 Å². The Morgan fingerprint density at radius 3 is 2.48 bits per heavy atom. The predicted molar refractivity (Wildman–Crippen MR) is 96.2 cm³/mol. The summed E-state index contributed by atoms with van der Waals surface area (Å²) in [6.45, 7) is -2.17. The highest BCUT2D eigenvalue weighted by Crippen LogP contribution is 2.17. The van der Waals surface area contributed by atoms with Crippen LogP contribution in [0.2, 0.25) is 0 Å².